The monoisotopic (exact) mass is 471 g/mol. The molecule has 1 aromatic heterocycles. The van der Waals surface area contributed by atoms with Crippen LogP contribution in [0.15, 0.2) is 59.4 Å². The van der Waals surface area contributed by atoms with Gasteiger partial charge in [0.15, 0.2) is 0 Å². The molecule has 8 heteroatoms. The normalized spacial score (nSPS) is 19.4. The smallest absolute Gasteiger partial charge is 0.334 e. The van der Waals surface area contributed by atoms with Crippen LogP contribution in [0.25, 0.3) is 10.9 Å². The van der Waals surface area contributed by atoms with Crippen molar-refractivity contribution in [1.82, 2.24) is 19.4 Å². The molecule has 2 amide bonds. The van der Waals surface area contributed by atoms with Gasteiger partial charge in [-0.1, -0.05) is 49.6 Å². The second kappa shape index (κ2) is 8.52. The summed E-state index contributed by atoms with van der Waals surface area (Å²) in [5, 5.41) is 0.431. The lowest BCUT2D eigenvalue weighted by molar-refractivity contribution is -0.133. The van der Waals surface area contributed by atoms with Crippen molar-refractivity contribution in [2.45, 2.75) is 37.6 Å². The molecule has 3 heterocycles. The number of anilines is 1. The average Bonchev–Trinajstić information content (AvgIpc) is 3.12. The second-order valence-corrected chi connectivity index (χ2v) is 9.76. The van der Waals surface area contributed by atoms with Crippen LogP contribution in [0, 0.1) is 0 Å². The Morgan fingerprint density at radius 1 is 0.857 bits per heavy atom. The SMILES string of the molecule is O=C(CN1C(=O)n2c(nc3ccccc3c2=O)C12CCCCC2)N1CCN(c2ccccc2)CC1. The van der Waals surface area contributed by atoms with Crippen molar-refractivity contribution in [1.29, 1.82) is 0 Å². The van der Waals surface area contributed by atoms with E-state index < -0.39 is 11.6 Å². The van der Waals surface area contributed by atoms with Gasteiger partial charge in [0, 0.05) is 31.9 Å². The first-order valence-corrected chi connectivity index (χ1v) is 12.5. The van der Waals surface area contributed by atoms with Crippen LogP contribution in [0.1, 0.15) is 37.9 Å². The topological polar surface area (TPSA) is 78.8 Å². The molecule has 0 unspecified atom stereocenters. The summed E-state index contributed by atoms with van der Waals surface area (Å²) in [6.07, 6.45) is 4.40. The molecule has 1 aliphatic carbocycles. The fraction of sp³-hybridized carbons (Fsp3) is 0.407. The van der Waals surface area contributed by atoms with E-state index >= 15 is 0 Å². The van der Waals surface area contributed by atoms with E-state index in [-0.39, 0.29) is 18.0 Å². The molecule has 180 valence electrons. The highest BCUT2D eigenvalue weighted by molar-refractivity contribution is 5.90. The molecule has 3 aromatic rings. The predicted octanol–water partition coefficient (Wildman–Crippen LogP) is 3.19. The summed E-state index contributed by atoms with van der Waals surface area (Å²) in [6.45, 7) is 2.70. The lowest BCUT2D eigenvalue weighted by atomic mass is 9.80. The number of benzene rings is 2. The highest BCUT2D eigenvalue weighted by atomic mass is 16.2. The number of piperazine rings is 1. The van der Waals surface area contributed by atoms with E-state index in [2.05, 4.69) is 17.0 Å². The number of aromatic nitrogens is 2. The van der Waals surface area contributed by atoms with E-state index in [0.717, 1.165) is 50.9 Å². The zero-order chi connectivity index (χ0) is 24.0. The highest BCUT2D eigenvalue weighted by Gasteiger charge is 2.53. The first-order valence-electron chi connectivity index (χ1n) is 12.5. The van der Waals surface area contributed by atoms with E-state index in [1.165, 1.54) is 4.57 Å². The molecule has 1 saturated carbocycles. The van der Waals surface area contributed by atoms with Gasteiger partial charge in [0.05, 0.1) is 10.9 Å². The summed E-state index contributed by atoms with van der Waals surface area (Å²) >= 11 is 0. The van der Waals surface area contributed by atoms with Gasteiger partial charge in [0.2, 0.25) is 5.91 Å². The molecule has 2 aliphatic heterocycles. The largest absolute Gasteiger partial charge is 0.368 e. The van der Waals surface area contributed by atoms with Gasteiger partial charge in [-0.25, -0.2) is 14.3 Å². The van der Waals surface area contributed by atoms with Crippen molar-refractivity contribution in [2.75, 3.05) is 37.6 Å². The Labute approximate surface area is 203 Å². The minimum Gasteiger partial charge on any atom is -0.368 e. The van der Waals surface area contributed by atoms with Crippen LogP contribution in [0.3, 0.4) is 0 Å². The Morgan fingerprint density at radius 2 is 1.54 bits per heavy atom. The van der Waals surface area contributed by atoms with Crippen molar-refractivity contribution >= 4 is 28.5 Å². The molecule has 0 bridgehead atoms. The summed E-state index contributed by atoms with van der Waals surface area (Å²) in [4.78, 5) is 51.0. The quantitative estimate of drug-likeness (QED) is 0.586. The molecule has 8 nitrogen and oxygen atoms in total. The van der Waals surface area contributed by atoms with Crippen molar-refractivity contribution in [3.05, 3.63) is 70.8 Å². The van der Waals surface area contributed by atoms with Crippen LogP contribution in [0.4, 0.5) is 10.5 Å². The number of carbonyl (C=O) groups excluding carboxylic acids is 2. The molecular formula is C27H29N5O3. The Kier molecular flexibility index (Phi) is 5.31. The Bertz CT molecular complexity index is 1340. The lowest BCUT2D eigenvalue weighted by Gasteiger charge is -2.41. The number of hydrogen-bond acceptors (Lipinski definition) is 5. The van der Waals surface area contributed by atoms with Gasteiger partial charge in [-0.2, -0.15) is 0 Å². The minimum absolute atomic E-state index is 0.0245. The van der Waals surface area contributed by atoms with E-state index in [0.29, 0.717) is 29.8 Å². The van der Waals surface area contributed by atoms with Crippen LogP contribution in [-0.4, -0.2) is 64.0 Å². The molecule has 1 spiro atoms. The molecule has 0 radical (unpaired) electrons. The van der Waals surface area contributed by atoms with Gasteiger partial charge in [0.25, 0.3) is 5.56 Å². The van der Waals surface area contributed by atoms with Crippen LogP contribution >= 0.6 is 0 Å². The number of nitrogens with zero attached hydrogens (tertiary/aromatic N) is 5. The first kappa shape index (κ1) is 21.8. The molecule has 0 N–H and O–H groups in total. The van der Waals surface area contributed by atoms with Gasteiger partial charge >= 0.3 is 6.03 Å². The molecule has 2 aromatic carbocycles. The summed E-state index contributed by atoms with van der Waals surface area (Å²) in [5.41, 5.74) is 0.724. The summed E-state index contributed by atoms with van der Waals surface area (Å²) in [7, 11) is 0. The standard InChI is InChI=1S/C27H29N5O3/c33-23(30-17-15-29(16-18-30)20-9-3-1-4-10-20)19-31-26(35)32-24(34)21-11-5-6-12-22(21)28-25(32)27(31)13-7-2-8-14-27/h1,3-6,9-12H,2,7-8,13-19H2. The third kappa shape index (κ3) is 3.50. The number of para-hydroxylation sites is 2. The van der Waals surface area contributed by atoms with E-state index in [4.69, 9.17) is 4.98 Å². The summed E-state index contributed by atoms with van der Waals surface area (Å²) < 4.78 is 1.23. The van der Waals surface area contributed by atoms with Gasteiger partial charge in [-0.05, 0) is 37.1 Å². The number of amides is 2. The number of rotatable bonds is 3. The van der Waals surface area contributed by atoms with Crippen LogP contribution in [-0.2, 0) is 10.3 Å². The summed E-state index contributed by atoms with van der Waals surface area (Å²) in [5.74, 6) is 0.439. The fourth-order valence-corrected chi connectivity index (χ4v) is 5.98. The van der Waals surface area contributed by atoms with Gasteiger partial charge in [-0.15, -0.1) is 0 Å². The third-order valence-corrected chi connectivity index (χ3v) is 7.86. The zero-order valence-electron chi connectivity index (χ0n) is 19.7. The highest BCUT2D eigenvalue weighted by Crippen LogP contribution is 2.45. The van der Waals surface area contributed by atoms with Crippen molar-refractivity contribution in [3.8, 4) is 0 Å². The zero-order valence-corrected chi connectivity index (χ0v) is 19.7. The second-order valence-electron chi connectivity index (χ2n) is 9.76. The van der Waals surface area contributed by atoms with Crippen molar-refractivity contribution in [2.24, 2.45) is 0 Å². The predicted molar refractivity (Wildman–Crippen MR) is 134 cm³/mol. The van der Waals surface area contributed by atoms with Gasteiger partial charge in [-0.3, -0.25) is 9.59 Å². The summed E-state index contributed by atoms with van der Waals surface area (Å²) in [6, 6.07) is 17.0. The Morgan fingerprint density at radius 3 is 2.29 bits per heavy atom. The number of fused-ring (bicyclic) bond motifs is 3. The van der Waals surface area contributed by atoms with Crippen LogP contribution in [0.5, 0.6) is 0 Å². The van der Waals surface area contributed by atoms with Gasteiger partial charge < -0.3 is 14.7 Å². The molecule has 35 heavy (non-hydrogen) atoms. The maximum atomic E-state index is 13.7. The third-order valence-electron chi connectivity index (χ3n) is 7.86. The molecule has 3 aliphatic rings. The van der Waals surface area contributed by atoms with E-state index in [1.54, 1.807) is 17.0 Å². The molecule has 6 rings (SSSR count). The Hall–Kier alpha value is -3.68. The molecule has 0 atom stereocenters. The maximum absolute atomic E-state index is 13.7. The van der Waals surface area contributed by atoms with Crippen LogP contribution in [0.2, 0.25) is 0 Å². The average molecular weight is 472 g/mol. The van der Waals surface area contributed by atoms with Crippen molar-refractivity contribution in [3.63, 3.8) is 0 Å². The van der Waals surface area contributed by atoms with E-state index in [1.807, 2.05) is 35.2 Å². The molecular weight excluding hydrogens is 442 g/mol. The number of carbonyl (C=O) groups is 2. The minimum atomic E-state index is -0.694. The first-order chi connectivity index (χ1) is 17.1. The number of hydrogen-bond donors (Lipinski definition) is 0. The fourth-order valence-electron chi connectivity index (χ4n) is 5.98. The Balaban J connectivity index is 1.28. The molecule has 2 fully saturated rings. The van der Waals surface area contributed by atoms with Gasteiger partial charge in [0.1, 0.15) is 17.9 Å². The molecule has 1 saturated heterocycles. The van der Waals surface area contributed by atoms with Crippen LogP contribution < -0.4 is 10.5 Å². The maximum Gasteiger partial charge on any atom is 0.334 e. The van der Waals surface area contributed by atoms with Crippen molar-refractivity contribution < 1.29 is 9.59 Å². The lowest BCUT2D eigenvalue weighted by Crippen LogP contribution is -2.54. The van der Waals surface area contributed by atoms with E-state index in [9.17, 15) is 14.4 Å².